The Balaban J connectivity index is 2.11. The van der Waals surface area contributed by atoms with Gasteiger partial charge >= 0.3 is 18.1 Å². The van der Waals surface area contributed by atoms with Crippen LogP contribution in [0.4, 0.5) is 13.2 Å². The van der Waals surface area contributed by atoms with Crippen molar-refractivity contribution in [3.05, 3.63) is 42.0 Å². The van der Waals surface area contributed by atoms with Crippen LogP contribution in [0.5, 0.6) is 5.75 Å². The van der Waals surface area contributed by atoms with Crippen molar-refractivity contribution >= 4 is 22.1 Å². The van der Waals surface area contributed by atoms with E-state index in [-0.39, 0.29) is 5.56 Å². The highest BCUT2D eigenvalue weighted by atomic mass is 32.2. The lowest BCUT2D eigenvalue weighted by atomic mass is 10.0. The van der Waals surface area contributed by atoms with Gasteiger partial charge in [-0.1, -0.05) is 6.58 Å². The quantitative estimate of drug-likeness (QED) is 0.335. The number of hydrogen-bond acceptors (Lipinski definition) is 7. The molecule has 2 rings (SSSR count). The fourth-order valence-electron chi connectivity index (χ4n) is 3.02. The second kappa shape index (κ2) is 9.69. The van der Waals surface area contributed by atoms with Crippen molar-refractivity contribution in [2.24, 2.45) is 0 Å². The average Bonchev–Trinajstić information content (AvgIpc) is 3.13. The SMILES string of the molecule is C=CC1(Oc2cc(C(=O)OCC(=O)OCCS(=O)(=O)O)ccc2C(F)(F)F)CCCC1. The Labute approximate surface area is 176 Å². The molecule has 1 aliphatic rings. The lowest BCUT2D eigenvalue weighted by molar-refractivity contribution is -0.146. The predicted molar refractivity (Wildman–Crippen MR) is 101 cm³/mol. The third-order valence-electron chi connectivity index (χ3n) is 4.58. The van der Waals surface area contributed by atoms with Crippen LogP contribution in [-0.2, 0) is 30.6 Å². The first-order valence-corrected chi connectivity index (χ1v) is 10.8. The summed E-state index contributed by atoms with van der Waals surface area (Å²) in [5.41, 5.74) is -2.33. The van der Waals surface area contributed by atoms with E-state index in [0.29, 0.717) is 18.9 Å². The summed E-state index contributed by atoms with van der Waals surface area (Å²) in [6.45, 7) is 2.09. The molecule has 0 amide bonds. The van der Waals surface area contributed by atoms with Gasteiger partial charge in [0, 0.05) is 0 Å². The average molecular weight is 466 g/mol. The van der Waals surface area contributed by atoms with Crippen LogP contribution >= 0.6 is 0 Å². The van der Waals surface area contributed by atoms with Crippen molar-refractivity contribution in [1.82, 2.24) is 0 Å². The molecule has 1 fully saturated rings. The maximum atomic E-state index is 13.4. The highest BCUT2D eigenvalue weighted by molar-refractivity contribution is 7.85. The first-order chi connectivity index (χ1) is 14.4. The summed E-state index contributed by atoms with van der Waals surface area (Å²) in [4.78, 5) is 23.6. The molecule has 0 spiro atoms. The van der Waals surface area contributed by atoms with Crippen molar-refractivity contribution in [1.29, 1.82) is 0 Å². The van der Waals surface area contributed by atoms with Crippen LogP contribution in [0.1, 0.15) is 41.6 Å². The molecule has 31 heavy (non-hydrogen) atoms. The van der Waals surface area contributed by atoms with Crippen molar-refractivity contribution in [3.8, 4) is 5.75 Å². The zero-order chi connectivity index (χ0) is 23.3. The summed E-state index contributed by atoms with van der Waals surface area (Å²) in [5.74, 6) is -3.60. The summed E-state index contributed by atoms with van der Waals surface area (Å²) in [5, 5.41) is 0. The summed E-state index contributed by atoms with van der Waals surface area (Å²) in [7, 11) is -4.33. The Morgan fingerprint density at radius 2 is 1.84 bits per heavy atom. The molecule has 12 heteroatoms. The minimum Gasteiger partial charge on any atom is -0.483 e. The minimum absolute atomic E-state index is 0.286. The van der Waals surface area contributed by atoms with Crippen molar-refractivity contribution in [2.75, 3.05) is 19.0 Å². The smallest absolute Gasteiger partial charge is 0.419 e. The summed E-state index contributed by atoms with van der Waals surface area (Å²) < 4.78 is 84.6. The molecule has 0 aromatic heterocycles. The Morgan fingerprint density at radius 3 is 2.39 bits per heavy atom. The molecule has 1 aromatic rings. The number of esters is 2. The van der Waals surface area contributed by atoms with E-state index in [4.69, 9.17) is 14.0 Å². The Bertz CT molecular complexity index is 934. The van der Waals surface area contributed by atoms with Gasteiger partial charge in [0.15, 0.2) is 6.61 Å². The first kappa shape index (κ1) is 24.7. The van der Waals surface area contributed by atoms with E-state index in [2.05, 4.69) is 11.3 Å². The number of alkyl halides is 3. The van der Waals surface area contributed by atoms with Crippen molar-refractivity contribution in [3.63, 3.8) is 0 Å². The molecule has 1 N–H and O–H groups in total. The molecule has 0 bridgehead atoms. The number of carbonyl (C=O) groups is 2. The number of ether oxygens (including phenoxy) is 3. The Kier molecular flexibility index (Phi) is 7.71. The number of carbonyl (C=O) groups excluding carboxylic acids is 2. The maximum absolute atomic E-state index is 13.4. The van der Waals surface area contributed by atoms with Crippen LogP contribution in [0.3, 0.4) is 0 Å². The molecule has 1 aliphatic carbocycles. The van der Waals surface area contributed by atoms with E-state index in [0.717, 1.165) is 25.0 Å². The Morgan fingerprint density at radius 1 is 1.19 bits per heavy atom. The normalized spacial score (nSPS) is 15.9. The van der Waals surface area contributed by atoms with E-state index < -0.39 is 64.1 Å². The van der Waals surface area contributed by atoms with E-state index in [1.54, 1.807) is 0 Å². The van der Waals surface area contributed by atoms with Gasteiger partial charge in [0.2, 0.25) is 0 Å². The van der Waals surface area contributed by atoms with Crippen LogP contribution in [0.25, 0.3) is 0 Å². The highest BCUT2D eigenvalue weighted by Gasteiger charge is 2.39. The monoisotopic (exact) mass is 466 g/mol. The summed E-state index contributed by atoms with van der Waals surface area (Å²) in [6.07, 6.45) is -0.789. The van der Waals surface area contributed by atoms with Gasteiger partial charge in [-0.3, -0.25) is 4.55 Å². The summed E-state index contributed by atoms with van der Waals surface area (Å²) >= 11 is 0. The molecule has 0 atom stereocenters. The van der Waals surface area contributed by atoms with E-state index in [1.165, 1.54) is 6.08 Å². The lowest BCUT2D eigenvalue weighted by Crippen LogP contribution is -2.30. The molecule has 0 aliphatic heterocycles. The zero-order valence-electron chi connectivity index (χ0n) is 16.3. The van der Waals surface area contributed by atoms with Gasteiger partial charge in [-0.15, -0.1) is 0 Å². The number of benzene rings is 1. The first-order valence-electron chi connectivity index (χ1n) is 9.17. The van der Waals surface area contributed by atoms with Crippen LogP contribution < -0.4 is 4.74 Å². The van der Waals surface area contributed by atoms with Gasteiger partial charge in [-0.2, -0.15) is 21.6 Å². The fourth-order valence-corrected chi connectivity index (χ4v) is 3.31. The highest BCUT2D eigenvalue weighted by Crippen LogP contribution is 2.42. The van der Waals surface area contributed by atoms with Gasteiger partial charge in [-0.25, -0.2) is 9.59 Å². The van der Waals surface area contributed by atoms with Crippen molar-refractivity contribution < 1.29 is 49.9 Å². The predicted octanol–water partition coefficient (Wildman–Crippen LogP) is 3.17. The Hall–Kier alpha value is -2.60. The van der Waals surface area contributed by atoms with Gasteiger partial charge in [0.05, 0.1) is 11.1 Å². The van der Waals surface area contributed by atoms with Gasteiger partial charge in [0.25, 0.3) is 10.1 Å². The third-order valence-corrected chi connectivity index (χ3v) is 5.27. The molecule has 1 saturated carbocycles. The van der Waals surface area contributed by atoms with Crippen LogP contribution in [0.15, 0.2) is 30.9 Å². The zero-order valence-corrected chi connectivity index (χ0v) is 17.1. The van der Waals surface area contributed by atoms with E-state index in [9.17, 15) is 31.2 Å². The van der Waals surface area contributed by atoms with Crippen LogP contribution in [0.2, 0.25) is 0 Å². The second-order valence-corrected chi connectivity index (χ2v) is 8.44. The van der Waals surface area contributed by atoms with Gasteiger partial charge in [-0.05, 0) is 50.0 Å². The van der Waals surface area contributed by atoms with Crippen LogP contribution in [0, 0.1) is 0 Å². The van der Waals surface area contributed by atoms with E-state index in [1.807, 2.05) is 0 Å². The number of rotatable bonds is 9. The number of hydrogen-bond donors (Lipinski definition) is 1. The molecule has 0 radical (unpaired) electrons. The molecule has 1 aromatic carbocycles. The molecule has 0 heterocycles. The fraction of sp³-hybridized carbons (Fsp3) is 0.474. The second-order valence-electron chi connectivity index (χ2n) is 6.87. The molecule has 0 saturated heterocycles. The maximum Gasteiger partial charge on any atom is 0.419 e. The third kappa shape index (κ3) is 7.24. The summed E-state index contributed by atoms with van der Waals surface area (Å²) in [6, 6.07) is 2.46. The molecule has 8 nitrogen and oxygen atoms in total. The number of halogens is 3. The van der Waals surface area contributed by atoms with Crippen molar-refractivity contribution in [2.45, 2.75) is 37.5 Å². The van der Waals surface area contributed by atoms with Gasteiger partial charge in [0.1, 0.15) is 23.7 Å². The molecular weight excluding hydrogens is 445 g/mol. The lowest BCUT2D eigenvalue weighted by Gasteiger charge is -2.28. The van der Waals surface area contributed by atoms with Gasteiger partial charge < -0.3 is 14.2 Å². The van der Waals surface area contributed by atoms with E-state index >= 15 is 0 Å². The molecular formula is C19H21F3O8S. The largest absolute Gasteiger partial charge is 0.483 e. The standard InChI is InChI=1S/C19H21F3O8S/c1-2-18(7-3-4-8-18)30-15-11-13(5-6-14(15)19(20,21)22)17(24)29-12-16(23)28-9-10-31(25,26)27/h2,5-6,11H,1,3-4,7-10,12H2,(H,25,26,27). The topological polar surface area (TPSA) is 116 Å². The molecule has 0 unspecified atom stereocenters. The van der Waals surface area contributed by atoms with Crippen LogP contribution in [-0.4, -0.2) is 49.5 Å². The molecule has 172 valence electrons. The minimum atomic E-state index is -4.73.